The third-order valence-corrected chi connectivity index (χ3v) is 13.6. The van der Waals surface area contributed by atoms with Gasteiger partial charge in [-0.3, -0.25) is 24.4 Å². The van der Waals surface area contributed by atoms with Crippen molar-refractivity contribution in [2.24, 2.45) is 23.7 Å². The second-order valence-electron chi connectivity index (χ2n) is 25.7. The van der Waals surface area contributed by atoms with Gasteiger partial charge in [0.15, 0.2) is 17.3 Å². The van der Waals surface area contributed by atoms with E-state index in [4.69, 9.17) is 20.2 Å². The van der Waals surface area contributed by atoms with Crippen molar-refractivity contribution in [3.8, 4) is 44.9 Å². The van der Waals surface area contributed by atoms with E-state index in [0.29, 0.717) is 36.5 Å². The van der Waals surface area contributed by atoms with Crippen LogP contribution in [0.2, 0.25) is 0 Å². The standard InChI is InChI=1S/C22H24N.C21H22N.C19H16N.C11H20O2.2C5H8O2.3Ir/c1-14(2)8-18-13-22(19-10-16(4)9-17(5)11-19)23-21-7-6-15(3)12-20(18)21;1-14(2)9-17-13-21(18-11-15(3)10-16(4)12-18)22-20-8-6-5-7-19(17)20;1-14-10-15(2)12-18(11-14)17-8-9-20-19(13-17)16-6-4-3-5-7-16;1-8(2)5-10(12)7-11(13)6-9(3)4;2*1-4(6)3-5(2)7;;;/h6-7,9-10,12-14H,8H2,1-5H3;5-8,10-11,13-14H,9H2,1-4H3;3-6,8-13H,1-2H3;7-9,12H,5-6H2,1-4H3;2*3,6H,1-2H3;;;/q3*-1;;;;;;. The summed E-state index contributed by atoms with van der Waals surface area (Å²) >= 11 is 0. The number of carbonyl (C=O) groups is 3. The van der Waals surface area contributed by atoms with Gasteiger partial charge in [-0.2, -0.15) is 0 Å². The number of aliphatic hydroxyl groups is 3. The molecule has 3 radical (unpaired) electrons. The Kier molecular flexibility index (Phi) is 39.0. The molecular weight excluding hydrogens is 1710 g/mol. The first kappa shape index (κ1) is 85.9. The van der Waals surface area contributed by atoms with Crippen LogP contribution < -0.4 is 0 Å². The number of aryl methyl sites for hydroxylation is 7. The second kappa shape index (κ2) is 43.1. The van der Waals surface area contributed by atoms with Crippen molar-refractivity contribution in [2.75, 3.05) is 0 Å². The normalized spacial score (nSPS) is 11.0. The topological polar surface area (TPSA) is 151 Å². The van der Waals surface area contributed by atoms with E-state index in [2.05, 4.69) is 209 Å². The average Bonchev–Trinajstić information content (AvgIpc) is 0.805. The number of ketones is 3. The first-order valence-corrected chi connectivity index (χ1v) is 31.8. The zero-order valence-electron chi connectivity index (χ0n) is 59.1. The number of nitrogens with zero attached hydrogens (tertiary/aromatic N) is 3. The van der Waals surface area contributed by atoms with Crippen molar-refractivity contribution < 1.29 is 90.0 Å². The van der Waals surface area contributed by atoms with Crippen molar-refractivity contribution in [1.82, 2.24) is 15.0 Å². The van der Waals surface area contributed by atoms with E-state index in [-0.39, 0.29) is 94.9 Å². The van der Waals surface area contributed by atoms with E-state index < -0.39 is 0 Å². The largest absolute Gasteiger partial charge is 0.512 e. The molecule has 6 aromatic carbocycles. The Morgan fingerprint density at radius 3 is 1.36 bits per heavy atom. The van der Waals surface area contributed by atoms with Gasteiger partial charge in [-0.05, 0) is 149 Å². The van der Waals surface area contributed by atoms with Crippen LogP contribution in [0.1, 0.15) is 146 Å². The molecule has 9 aromatic rings. The molecule has 0 aliphatic carbocycles. The summed E-state index contributed by atoms with van der Waals surface area (Å²) in [5.41, 5.74) is 22.3. The van der Waals surface area contributed by atoms with E-state index in [0.717, 1.165) is 68.8 Å². The molecule has 511 valence electrons. The van der Waals surface area contributed by atoms with E-state index >= 15 is 0 Å². The SMILES string of the molecule is CC(=O)C=C(C)O.CC(=O)C=C(C)O.CC(C)CC(=O)C=C(O)CC(C)C.Cc1[c-]c(-c2cc(CC(C)C)c3cc(C)ccc3n2)cc(C)c1.Cc1[c-]c(-c2cc(CC(C)C)c3ccccc3n2)cc(C)c1.Cc1cc(C)cc(-c2ccnc(-c3[c-]cccc3)c2)c1.[Ir].[Ir].[Ir]. The van der Waals surface area contributed by atoms with Crippen LogP contribution in [0.5, 0.6) is 0 Å². The van der Waals surface area contributed by atoms with Crippen molar-refractivity contribution in [1.29, 1.82) is 0 Å². The third kappa shape index (κ3) is 32.4. The molecule has 0 amide bonds. The van der Waals surface area contributed by atoms with Gasteiger partial charge in [0.25, 0.3) is 0 Å². The minimum absolute atomic E-state index is 0. The van der Waals surface area contributed by atoms with Crippen molar-refractivity contribution >= 4 is 39.2 Å². The maximum Gasteiger partial charge on any atom is 0.159 e. The summed E-state index contributed by atoms with van der Waals surface area (Å²) in [6.07, 6.45) is 8.80. The van der Waals surface area contributed by atoms with Crippen LogP contribution >= 0.6 is 0 Å². The number of carbonyl (C=O) groups excluding carboxylic acids is 3. The van der Waals surface area contributed by atoms with Gasteiger partial charge in [0.05, 0.1) is 28.3 Å². The number of rotatable bonds is 15. The van der Waals surface area contributed by atoms with E-state index in [1.54, 1.807) is 0 Å². The Hall–Kier alpha value is -7.13. The summed E-state index contributed by atoms with van der Waals surface area (Å²) in [6.45, 7) is 37.6. The van der Waals surface area contributed by atoms with E-state index in [1.807, 2.05) is 58.2 Å². The Bertz CT molecular complexity index is 3920. The summed E-state index contributed by atoms with van der Waals surface area (Å²) in [4.78, 5) is 45.5. The zero-order valence-corrected chi connectivity index (χ0v) is 66.2. The molecule has 0 saturated carbocycles. The molecule has 0 unspecified atom stereocenters. The van der Waals surface area contributed by atoms with Crippen LogP contribution in [0, 0.1) is 90.3 Å². The molecular formula is C83H98Ir3N3O6-3. The minimum atomic E-state index is -0.125. The Morgan fingerprint density at radius 2 is 0.916 bits per heavy atom. The number of allylic oxidation sites excluding steroid dienone is 6. The molecule has 95 heavy (non-hydrogen) atoms. The molecule has 12 heteroatoms. The van der Waals surface area contributed by atoms with Gasteiger partial charge in [0.2, 0.25) is 0 Å². The van der Waals surface area contributed by atoms with Crippen LogP contribution in [0.25, 0.3) is 66.7 Å². The summed E-state index contributed by atoms with van der Waals surface area (Å²) in [5.74, 6) is 2.10. The van der Waals surface area contributed by atoms with Crippen LogP contribution in [0.15, 0.2) is 175 Å². The maximum absolute atomic E-state index is 11.2. The predicted octanol–water partition coefficient (Wildman–Crippen LogP) is 21.3. The first-order chi connectivity index (χ1) is 43.3. The number of benzene rings is 6. The number of hydrogen-bond donors (Lipinski definition) is 3. The number of fused-ring (bicyclic) bond motifs is 2. The number of aromatic nitrogens is 3. The van der Waals surface area contributed by atoms with E-state index in [1.165, 1.54) is 107 Å². The number of hydrogen-bond acceptors (Lipinski definition) is 9. The number of para-hydroxylation sites is 1. The molecule has 3 aromatic heterocycles. The van der Waals surface area contributed by atoms with Crippen LogP contribution in [-0.4, -0.2) is 47.6 Å². The zero-order chi connectivity index (χ0) is 68.4. The molecule has 0 saturated heterocycles. The van der Waals surface area contributed by atoms with Gasteiger partial charge in [-0.15, -0.1) is 106 Å². The van der Waals surface area contributed by atoms with Gasteiger partial charge in [-0.25, -0.2) is 0 Å². The van der Waals surface area contributed by atoms with E-state index in [9.17, 15) is 19.5 Å². The first-order valence-electron chi connectivity index (χ1n) is 31.8. The minimum Gasteiger partial charge on any atom is -0.512 e. The molecule has 0 bridgehead atoms. The molecule has 0 aliphatic heterocycles. The predicted molar refractivity (Wildman–Crippen MR) is 385 cm³/mol. The van der Waals surface area contributed by atoms with Crippen LogP contribution in [0.4, 0.5) is 0 Å². The Morgan fingerprint density at radius 1 is 0.442 bits per heavy atom. The quantitative estimate of drug-likeness (QED) is 0.0518. The van der Waals surface area contributed by atoms with Crippen LogP contribution in [0.3, 0.4) is 0 Å². The Balaban J connectivity index is 0.000000595. The smallest absolute Gasteiger partial charge is 0.159 e. The fourth-order valence-corrected chi connectivity index (χ4v) is 10.4. The van der Waals surface area contributed by atoms with Crippen LogP contribution in [-0.2, 0) is 87.5 Å². The summed E-state index contributed by atoms with van der Waals surface area (Å²) < 4.78 is 0. The third-order valence-electron chi connectivity index (χ3n) is 13.6. The maximum atomic E-state index is 11.2. The molecule has 0 atom stereocenters. The van der Waals surface area contributed by atoms with Gasteiger partial charge >= 0.3 is 0 Å². The van der Waals surface area contributed by atoms with Gasteiger partial charge < -0.3 is 20.3 Å². The fourth-order valence-electron chi connectivity index (χ4n) is 10.4. The average molecular weight is 1810 g/mol. The molecule has 0 fully saturated rings. The van der Waals surface area contributed by atoms with Gasteiger partial charge in [-0.1, -0.05) is 160 Å². The fraction of sp³-hybridized carbons (Fsp3) is 0.325. The van der Waals surface area contributed by atoms with Crippen molar-refractivity contribution in [2.45, 2.75) is 157 Å². The summed E-state index contributed by atoms with van der Waals surface area (Å²) in [7, 11) is 0. The Labute approximate surface area is 608 Å². The second-order valence-corrected chi connectivity index (χ2v) is 25.7. The summed E-state index contributed by atoms with van der Waals surface area (Å²) in [6, 6.07) is 57.0. The molecule has 0 aliphatic rings. The molecule has 9 nitrogen and oxygen atoms in total. The molecule has 3 heterocycles. The van der Waals surface area contributed by atoms with Gasteiger partial charge in [0, 0.05) is 108 Å². The summed E-state index contributed by atoms with van der Waals surface area (Å²) in [5, 5.41) is 28.6. The monoisotopic (exact) mass is 1810 g/mol. The molecule has 9 rings (SSSR count). The number of pyridine rings is 3. The molecule has 3 N–H and O–H groups in total. The van der Waals surface area contributed by atoms with Crippen molar-refractivity contribution in [3.63, 3.8) is 0 Å². The van der Waals surface area contributed by atoms with Crippen molar-refractivity contribution in [3.05, 3.63) is 243 Å². The number of aliphatic hydroxyl groups excluding tert-OH is 3. The molecule has 0 spiro atoms. The van der Waals surface area contributed by atoms with Gasteiger partial charge in [0.1, 0.15) is 0 Å².